The van der Waals surface area contributed by atoms with Gasteiger partial charge in [-0.3, -0.25) is 20.4 Å². The Morgan fingerprint density at radius 2 is 1.72 bits per heavy atom. The number of hydrogen-bond acceptors (Lipinski definition) is 7. The Kier molecular flexibility index (Phi) is 6.18. The van der Waals surface area contributed by atoms with Crippen LogP contribution in [0.1, 0.15) is 10.4 Å². The van der Waals surface area contributed by atoms with Gasteiger partial charge in [0, 0.05) is 19.8 Å². The van der Waals surface area contributed by atoms with Gasteiger partial charge in [0.05, 0.1) is 5.56 Å². The molecule has 1 aliphatic rings. The minimum absolute atomic E-state index is 0.0106. The minimum Gasteiger partial charge on any atom is -0.485 e. The van der Waals surface area contributed by atoms with Crippen LogP contribution in [0.5, 0.6) is 11.5 Å². The van der Waals surface area contributed by atoms with Gasteiger partial charge >= 0.3 is 5.97 Å². The van der Waals surface area contributed by atoms with Crippen LogP contribution >= 0.6 is 0 Å². The Balaban J connectivity index is 1.42. The number of carbonyl (C=O) groups excluding carboxylic acids is 3. The molecule has 3 rings (SSSR count). The van der Waals surface area contributed by atoms with Gasteiger partial charge in [0.2, 0.25) is 6.10 Å². The standard InChI is InChI=1S/C20H21N3O6/c1-23(2)14-9-7-13(8-10-14)20(26)28-12-18(24)21-22-19(25)17-11-27-15-5-3-4-6-16(15)29-17/h3-10,17H,11-12H2,1-2H3,(H,21,24)(H,22,25)/t17-/m1/s1. The van der Waals surface area contributed by atoms with Crippen LogP contribution in [0.2, 0.25) is 0 Å². The second-order valence-electron chi connectivity index (χ2n) is 6.42. The van der Waals surface area contributed by atoms with Crippen molar-refractivity contribution in [3.63, 3.8) is 0 Å². The molecule has 0 radical (unpaired) electrons. The Bertz CT molecular complexity index is 897. The van der Waals surface area contributed by atoms with E-state index in [1.807, 2.05) is 19.0 Å². The first-order valence-electron chi connectivity index (χ1n) is 8.86. The Hall–Kier alpha value is -3.75. The molecule has 2 N–H and O–H groups in total. The molecular weight excluding hydrogens is 378 g/mol. The van der Waals surface area contributed by atoms with Gasteiger partial charge < -0.3 is 19.1 Å². The van der Waals surface area contributed by atoms with Gasteiger partial charge in [-0.05, 0) is 36.4 Å². The zero-order chi connectivity index (χ0) is 20.8. The molecule has 2 aromatic rings. The number of carbonyl (C=O) groups is 3. The third-order valence-corrected chi connectivity index (χ3v) is 4.08. The van der Waals surface area contributed by atoms with Crippen molar-refractivity contribution in [3.8, 4) is 11.5 Å². The number of ether oxygens (including phenoxy) is 3. The summed E-state index contributed by atoms with van der Waals surface area (Å²) in [5, 5.41) is 0. The van der Waals surface area contributed by atoms with E-state index < -0.39 is 30.5 Å². The SMILES string of the molecule is CN(C)c1ccc(C(=O)OCC(=O)NNC(=O)[C@H]2COc3ccccc3O2)cc1. The van der Waals surface area contributed by atoms with Crippen molar-refractivity contribution in [2.75, 3.05) is 32.2 Å². The van der Waals surface area contributed by atoms with Gasteiger partial charge in [-0.25, -0.2) is 4.79 Å². The lowest BCUT2D eigenvalue weighted by Crippen LogP contribution is -2.51. The van der Waals surface area contributed by atoms with Crippen LogP contribution in [-0.4, -0.2) is 51.2 Å². The van der Waals surface area contributed by atoms with Crippen molar-refractivity contribution in [3.05, 3.63) is 54.1 Å². The number of fused-ring (bicyclic) bond motifs is 1. The molecule has 1 aliphatic heterocycles. The number of amides is 2. The molecule has 1 atom stereocenters. The average molecular weight is 399 g/mol. The molecule has 2 amide bonds. The van der Waals surface area contributed by atoms with Crippen LogP contribution in [0.25, 0.3) is 0 Å². The molecule has 0 aliphatic carbocycles. The van der Waals surface area contributed by atoms with Gasteiger partial charge in [-0.2, -0.15) is 0 Å². The van der Waals surface area contributed by atoms with Gasteiger partial charge in [0.25, 0.3) is 11.8 Å². The van der Waals surface area contributed by atoms with E-state index in [1.54, 1.807) is 48.5 Å². The summed E-state index contributed by atoms with van der Waals surface area (Å²) >= 11 is 0. The van der Waals surface area contributed by atoms with Crippen molar-refractivity contribution >= 4 is 23.5 Å². The molecule has 9 nitrogen and oxygen atoms in total. The molecule has 0 saturated carbocycles. The fourth-order valence-corrected chi connectivity index (χ4v) is 2.51. The van der Waals surface area contributed by atoms with Crippen LogP contribution in [0.15, 0.2) is 48.5 Å². The smallest absolute Gasteiger partial charge is 0.338 e. The molecule has 1 heterocycles. The van der Waals surface area contributed by atoms with Crippen LogP contribution in [0.3, 0.4) is 0 Å². The topological polar surface area (TPSA) is 106 Å². The maximum absolute atomic E-state index is 12.1. The molecule has 29 heavy (non-hydrogen) atoms. The third-order valence-electron chi connectivity index (χ3n) is 4.08. The highest BCUT2D eigenvalue weighted by Gasteiger charge is 2.27. The fourth-order valence-electron chi connectivity index (χ4n) is 2.51. The van der Waals surface area contributed by atoms with Gasteiger partial charge in [0.15, 0.2) is 18.1 Å². The van der Waals surface area contributed by atoms with Crippen LogP contribution in [0, 0.1) is 0 Å². The number of anilines is 1. The van der Waals surface area contributed by atoms with Gasteiger partial charge in [-0.1, -0.05) is 12.1 Å². The summed E-state index contributed by atoms with van der Waals surface area (Å²) in [5.41, 5.74) is 5.65. The highest BCUT2D eigenvalue weighted by atomic mass is 16.6. The zero-order valence-electron chi connectivity index (χ0n) is 16.0. The number of benzene rings is 2. The first-order valence-corrected chi connectivity index (χ1v) is 8.86. The molecule has 0 spiro atoms. The molecule has 9 heteroatoms. The van der Waals surface area contributed by atoms with E-state index in [2.05, 4.69) is 10.9 Å². The summed E-state index contributed by atoms with van der Waals surface area (Å²) in [5.74, 6) is -0.921. The number of nitrogens with one attached hydrogen (secondary N) is 2. The lowest BCUT2D eigenvalue weighted by Gasteiger charge is -2.25. The molecule has 152 valence electrons. The number of hydrogen-bond donors (Lipinski definition) is 2. The van der Waals surface area contributed by atoms with Crippen LogP contribution < -0.4 is 25.2 Å². The molecule has 0 unspecified atom stereocenters. The number of nitrogens with zero attached hydrogens (tertiary/aromatic N) is 1. The first kappa shape index (κ1) is 20.0. The van der Waals surface area contributed by atoms with E-state index in [4.69, 9.17) is 14.2 Å². The fraction of sp³-hybridized carbons (Fsp3) is 0.250. The lowest BCUT2D eigenvalue weighted by atomic mass is 10.2. The van der Waals surface area contributed by atoms with Gasteiger partial charge in [0.1, 0.15) is 6.61 Å². The van der Waals surface area contributed by atoms with Crippen molar-refractivity contribution < 1.29 is 28.6 Å². The summed E-state index contributed by atoms with van der Waals surface area (Å²) in [6.07, 6.45) is -0.914. The summed E-state index contributed by atoms with van der Waals surface area (Å²) < 4.78 is 15.9. The lowest BCUT2D eigenvalue weighted by molar-refractivity contribution is -0.135. The number of hydrazine groups is 1. The first-order chi connectivity index (χ1) is 13.9. The Morgan fingerprint density at radius 1 is 1.03 bits per heavy atom. The maximum Gasteiger partial charge on any atom is 0.338 e. The predicted octanol–water partition coefficient (Wildman–Crippen LogP) is 0.897. The Labute approximate surface area is 167 Å². The summed E-state index contributed by atoms with van der Waals surface area (Å²) in [7, 11) is 3.77. The highest BCUT2D eigenvalue weighted by Crippen LogP contribution is 2.30. The van der Waals surface area contributed by atoms with Crippen molar-refractivity contribution in [2.24, 2.45) is 0 Å². The molecule has 2 aromatic carbocycles. The van der Waals surface area contributed by atoms with Crippen molar-refractivity contribution in [1.29, 1.82) is 0 Å². The molecule has 0 fully saturated rings. The molecule has 0 aromatic heterocycles. The summed E-state index contributed by atoms with van der Waals surface area (Å²) in [4.78, 5) is 37.8. The summed E-state index contributed by atoms with van der Waals surface area (Å²) in [6, 6.07) is 13.7. The number of para-hydroxylation sites is 2. The van der Waals surface area contributed by atoms with Crippen LogP contribution in [-0.2, 0) is 14.3 Å². The van der Waals surface area contributed by atoms with E-state index >= 15 is 0 Å². The predicted molar refractivity (Wildman–Crippen MR) is 104 cm³/mol. The average Bonchev–Trinajstić information content (AvgIpc) is 2.75. The van der Waals surface area contributed by atoms with Crippen molar-refractivity contribution in [1.82, 2.24) is 10.9 Å². The van der Waals surface area contributed by atoms with Crippen molar-refractivity contribution in [2.45, 2.75) is 6.10 Å². The second-order valence-corrected chi connectivity index (χ2v) is 6.42. The van der Waals surface area contributed by atoms with E-state index in [-0.39, 0.29) is 6.61 Å². The Morgan fingerprint density at radius 3 is 2.41 bits per heavy atom. The highest BCUT2D eigenvalue weighted by molar-refractivity contribution is 5.92. The molecular formula is C20H21N3O6. The largest absolute Gasteiger partial charge is 0.485 e. The summed E-state index contributed by atoms with van der Waals surface area (Å²) in [6.45, 7) is -0.532. The van der Waals surface area contributed by atoms with E-state index in [0.717, 1.165) is 5.69 Å². The van der Waals surface area contributed by atoms with E-state index in [1.165, 1.54) is 0 Å². The van der Waals surface area contributed by atoms with E-state index in [0.29, 0.717) is 17.1 Å². The quantitative estimate of drug-likeness (QED) is 0.568. The van der Waals surface area contributed by atoms with Crippen LogP contribution in [0.4, 0.5) is 5.69 Å². The number of esters is 1. The minimum atomic E-state index is -0.914. The third kappa shape index (κ3) is 5.16. The maximum atomic E-state index is 12.1. The second kappa shape index (κ2) is 8.96. The van der Waals surface area contributed by atoms with E-state index in [9.17, 15) is 14.4 Å². The molecule has 0 saturated heterocycles. The molecule has 0 bridgehead atoms. The monoisotopic (exact) mass is 399 g/mol. The number of rotatable bonds is 5. The zero-order valence-corrected chi connectivity index (χ0v) is 16.0. The van der Waals surface area contributed by atoms with Gasteiger partial charge in [-0.15, -0.1) is 0 Å². The normalized spacial score (nSPS) is 14.5.